The highest BCUT2D eigenvalue weighted by Gasteiger charge is 2.68. The van der Waals surface area contributed by atoms with E-state index in [-0.39, 0.29) is 36.0 Å². The van der Waals surface area contributed by atoms with E-state index < -0.39 is 11.5 Å². The molecule has 0 amide bonds. The van der Waals surface area contributed by atoms with Crippen LogP contribution in [0.5, 0.6) is 0 Å². The fourth-order valence-electron chi connectivity index (χ4n) is 4.83. The van der Waals surface area contributed by atoms with E-state index in [2.05, 4.69) is 6.92 Å². The Balaban J connectivity index is 1.93. The third kappa shape index (κ3) is 1.40. The Morgan fingerprint density at radius 3 is 2.86 bits per heavy atom. The van der Waals surface area contributed by atoms with Gasteiger partial charge in [-0.2, -0.15) is 0 Å². The SMILES string of the molecule is C[C@@]12CC[C@@H](O)[C@]3(C)C(=O)O[C@H](C=C4COC(=O)C=C41)C23. The Hall–Kier alpha value is -1.62. The molecule has 2 aliphatic carbocycles. The molecular formula is C16H18O5. The molecule has 4 rings (SSSR count). The molecule has 21 heavy (non-hydrogen) atoms. The lowest BCUT2D eigenvalue weighted by Gasteiger charge is -2.53. The zero-order chi connectivity index (χ0) is 15.0. The number of ether oxygens (including phenoxy) is 2. The number of hydrogen-bond donors (Lipinski definition) is 1. The third-order valence-electron chi connectivity index (χ3n) is 5.93. The average molecular weight is 290 g/mol. The highest BCUT2D eigenvalue weighted by Crippen LogP contribution is 2.63. The molecule has 112 valence electrons. The van der Waals surface area contributed by atoms with Gasteiger partial charge in [0.05, 0.1) is 11.5 Å². The van der Waals surface area contributed by atoms with E-state index in [1.54, 1.807) is 13.0 Å². The molecular weight excluding hydrogens is 272 g/mol. The van der Waals surface area contributed by atoms with Crippen molar-refractivity contribution in [3.8, 4) is 0 Å². The number of aliphatic hydroxyl groups excluding tert-OH is 1. The first-order valence-corrected chi connectivity index (χ1v) is 7.36. The van der Waals surface area contributed by atoms with Crippen molar-refractivity contribution in [3.63, 3.8) is 0 Å². The number of aliphatic hydroxyl groups is 1. The van der Waals surface area contributed by atoms with Crippen LogP contribution in [0.25, 0.3) is 0 Å². The average Bonchev–Trinajstić information content (AvgIpc) is 2.70. The van der Waals surface area contributed by atoms with Crippen molar-refractivity contribution in [2.24, 2.45) is 16.7 Å². The van der Waals surface area contributed by atoms with Gasteiger partial charge in [-0.05, 0) is 37.0 Å². The molecule has 0 spiro atoms. The van der Waals surface area contributed by atoms with Crippen molar-refractivity contribution in [2.45, 2.75) is 38.9 Å². The second kappa shape index (κ2) is 3.77. The highest BCUT2D eigenvalue weighted by molar-refractivity contribution is 5.87. The van der Waals surface area contributed by atoms with Crippen LogP contribution in [0.15, 0.2) is 23.3 Å². The van der Waals surface area contributed by atoms with Crippen LogP contribution >= 0.6 is 0 Å². The van der Waals surface area contributed by atoms with E-state index in [1.165, 1.54) is 0 Å². The number of carbonyl (C=O) groups excluding carboxylic acids is 2. The predicted molar refractivity (Wildman–Crippen MR) is 71.9 cm³/mol. The van der Waals surface area contributed by atoms with Gasteiger partial charge in [-0.1, -0.05) is 6.92 Å². The quantitative estimate of drug-likeness (QED) is 0.677. The highest BCUT2D eigenvalue weighted by atomic mass is 16.6. The van der Waals surface area contributed by atoms with Crippen LogP contribution in [0.4, 0.5) is 0 Å². The molecule has 2 heterocycles. The number of cyclic esters (lactones) is 1. The Morgan fingerprint density at radius 1 is 1.33 bits per heavy atom. The minimum absolute atomic E-state index is 0.137. The first-order chi connectivity index (χ1) is 9.87. The Bertz CT molecular complexity index is 618. The second-order valence-electron chi connectivity index (χ2n) is 6.96. The lowest BCUT2D eigenvalue weighted by Crippen LogP contribution is -2.56. The van der Waals surface area contributed by atoms with Crippen LogP contribution in [0.3, 0.4) is 0 Å². The van der Waals surface area contributed by atoms with Crippen molar-refractivity contribution in [1.29, 1.82) is 0 Å². The van der Waals surface area contributed by atoms with Gasteiger partial charge in [0.25, 0.3) is 0 Å². The fourth-order valence-corrected chi connectivity index (χ4v) is 4.83. The summed E-state index contributed by atoms with van der Waals surface area (Å²) in [6.45, 7) is 4.11. The summed E-state index contributed by atoms with van der Waals surface area (Å²) >= 11 is 0. The zero-order valence-electron chi connectivity index (χ0n) is 12.1. The minimum atomic E-state index is -0.901. The summed E-state index contributed by atoms with van der Waals surface area (Å²) in [7, 11) is 0. The van der Waals surface area contributed by atoms with E-state index in [0.717, 1.165) is 17.6 Å². The van der Waals surface area contributed by atoms with E-state index >= 15 is 0 Å². The Kier molecular flexibility index (Phi) is 2.35. The summed E-state index contributed by atoms with van der Waals surface area (Å²) in [6, 6.07) is 0. The summed E-state index contributed by atoms with van der Waals surface area (Å²) < 4.78 is 10.6. The lowest BCUT2D eigenvalue weighted by molar-refractivity contribution is -0.155. The van der Waals surface area contributed by atoms with Crippen LogP contribution in [0.1, 0.15) is 26.7 Å². The minimum Gasteiger partial charge on any atom is -0.458 e. The van der Waals surface area contributed by atoms with Crippen LogP contribution in [-0.4, -0.2) is 35.9 Å². The molecule has 1 unspecified atom stereocenters. The summed E-state index contributed by atoms with van der Waals surface area (Å²) in [4.78, 5) is 24.0. The summed E-state index contributed by atoms with van der Waals surface area (Å²) in [5.41, 5.74) is 0.652. The van der Waals surface area contributed by atoms with Crippen LogP contribution in [0, 0.1) is 16.7 Å². The van der Waals surface area contributed by atoms with Gasteiger partial charge in [0.2, 0.25) is 0 Å². The first kappa shape index (κ1) is 13.1. The van der Waals surface area contributed by atoms with Gasteiger partial charge in [-0.3, -0.25) is 4.79 Å². The Morgan fingerprint density at radius 2 is 2.10 bits per heavy atom. The Labute approximate surface area is 122 Å². The van der Waals surface area contributed by atoms with Crippen molar-refractivity contribution in [1.82, 2.24) is 0 Å². The molecule has 0 aromatic carbocycles. The molecule has 0 radical (unpaired) electrons. The zero-order valence-corrected chi connectivity index (χ0v) is 12.1. The fraction of sp³-hybridized carbons (Fsp3) is 0.625. The van der Waals surface area contributed by atoms with Gasteiger partial charge in [0.15, 0.2) is 0 Å². The molecule has 0 aromatic rings. The van der Waals surface area contributed by atoms with Crippen molar-refractivity contribution in [3.05, 3.63) is 23.3 Å². The third-order valence-corrected chi connectivity index (χ3v) is 5.93. The van der Waals surface area contributed by atoms with Crippen molar-refractivity contribution < 1.29 is 24.2 Å². The van der Waals surface area contributed by atoms with E-state index in [0.29, 0.717) is 6.42 Å². The van der Waals surface area contributed by atoms with E-state index in [4.69, 9.17) is 9.47 Å². The largest absolute Gasteiger partial charge is 0.458 e. The lowest BCUT2D eigenvalue weighted by atomic mass is 9.49. The summed E-state index contributed by atoms with van der Waals surface area (Å²) in [5, 5.41) is 10.4. The molecule has 1 saturated heterocycles. The van der Waals surface area contributed by atoms with Crippen molar-refractivity contribution >= 4 is 11.9 Å². The van der Waals surface area contributed by atoms with Gasteiger partial charge in [0.1, 0.15) is 12.7 Å². The summed E-state index contributed by atoms with van der Waals surface area (Å²) in [6.07, 6.45) is 3.67. The van der Waals surface area contributed by atoms with Gasteiger partial charge in [0, 0.05) is 17.4 Å². The molecule has 0 bridgehead atoms. The van der Waals surface area contributed by atoms with Crippen LogP contribution in [0.2, 0.25) is 0 Å². The van der Waals surface area contributed by atoms with Gasteiger partial charge in [-0.15, -0.1) is 0 Å². The van der Waals surface area contributed by atoms with Gasteiger partial charge < -0.3 is 14.6 Å². The second-order valence-corrected chi connectivity index (χ2v) is 6.96. The van der Waals surface area contributed by atoms with E-state index in [9.17, 15) is 14.7 Å². The number of rotatable bonds is 0. The molecule has 2 aliphatic heterocycles. The number of esters is 2. The van der Waals surface area contributed by atoms with Crippen LogP contribution < -0.4 is 0 Å². The monoisotopic (exact) mass is 290 g/mol. The maximum absolute atomic E-state index is 12.4. The maximum atomic E-state index is 12.4. The topological polar surface area (TPSA) is 72.8 Å². The molecule has 5 nitrogen and oxygen atoms in total. The number of hydrogen-bond acceptors (Lipinski definition) is 5. The van der Waals surface area contributed by atoms with Crippen molar-refractivity contribution in [2.75, 3.05) is 6.61 Å². The van der Waals surface area contributed by atoms with E-state index in [1.807, 2.05) is 6.08 Å². The number of fused-ring (bicyclic) bond motifs is 2. The molecule has 1 saturated carbocycles. The normalized spacial score (nSPS) is 47.7. The predicted octanol–water partition coefficient (Wildman–Crippen LogP) is 1.12. The summed E-state index contributed by atoms with van der Waals surface area (Å²) in [5.74, 6) is -0.804. The molecule has 1 N–H and O–H groups in total. The molecule has 0 aromatic heterocycles. The maximum Gasteiger partial charge on any atom is 0.331 e. The molecule has 5 atom stereocenters. The number of carbonyl (C=O) groups is 2. The molecule has 5 heteroatoms. The standard InChI is InChI=1S/C16H18O5/c1-15-4-3-11(17)16(2)13(15)10(21-14(16)19)5-8-7-20-12(18)6-9(8)15/h5-6,10-11,13,17H,3-4,7H2,1-2H3/t10-,11-,13?,15-,16+/m1/s1. The molecule has 2 fully saturated rings. The van der Waals surface area contributed by atoms with Gasteiger partial charge >= 0.3 is 11.9 Å². The smallest absolute Gasteiger partial charge is 0.331 e. The first-order valence-electron chi connectivity index (χ1n) is 7.36. The van der Waals surface area contributed by atoms with Crippen LogP contribution in [-0.2, 0) is 19.1 Å². The molecule has 4 aliphatic rings. The van der Waals surface area contributed by atoms with Gasteiger partial charge in [-0.25, -0.2) is 4.79 Å².